The lowest BCUT2D eigenvalue weighted by Crippen LogP contribution is -2.29. The highest BCUT2D eigenvalue weighted by molar-refractivity contribution is 6.32. The van der Waals surface area contributed by atoms with E-state index in [2.05, 4.69) is 17.6 Å². The quantitative estimate of drug-likeness (QED) is 0.726. The number of carbonyl (C=O) groups is 1. The van der Waals surface area contributed by atoms with E-state index in [4.69, 9.17) is 16.3 Å². The summed E-state index contributed by atoms with van der Waals surface area (Å²) in [6, 6.07) is 5.80. The van der Waals surface area contributed by atoms with Crippen molar-refractivity contribution in [2.24, 2.45) is 0 Å². The van der Waals surface area contributed by atoms with Crippen LogP contribution in [0.1, 0.15) is 32.8 Å². The maximum Gasteiger partial charge on any atom is 0.216 e. The first-order valence-electron chi connectivity index (χ1n) is 6.93. The van der Waals surface area contributed by atoms with Gasteiger partial charge in [0.05, 0.1) is 11.1 Å². The molecular formula is C15H23ClN2O2. The Balaban J connectivity index is 2.41. The third-order valence-electron chi connectivity index (χ3n) is 2.90. The molecule has 1 aromatic carbocycles. The van der Waals surface area contributed by atoms with E-state index in [-0.39, 0.29) is 12.0 Å². The van der Waals surface area contributed by atoms with Crippen LogP contribution in [0.25, 0.3) is 0 Å². The van der Waals surface area contributed by atoms with Gasteiger partial charge < -0.3 is 15.4 Å². The fourth-order valence-corrected chi connectivity index (χ4v) is 1.86. The second kappa shape index (κ2) is 8.82. The SMILES string of the molecule is CCC(C)Oc1ccc(CNCCNC(C)=O)cc1Cl. The van der Waals surface area contributed by atoms with E-state index in [1.165, 1.54) is 6.92 Å². The van der Waals surface area contributed by atoms with Gasteiger partial charge in [-0.3, -0.25) is 4.79 Å². The molecule has 20 heavy (non-hydrogen) atoms. The van der Waals surface area contributed by atoms with Crippen LogP contribution in [-0.4, -0.2) is 25.1 Å². The fourth-order valence-electron chi connectivity index (χ4n) is 1.61. The molecule has 0 spiro atoms. The van der Waals surface area contributed by atoms with Crippen molar-refractivity contribution in [3.05, 3.63) is 28.8 Å². The lowest BCUT2D eigenvalue weighted by molar-refractivity contribution is -0.118. The van der Waals surface area contributed by atoms with Crippen LogP contribution in [0.3, 0.4) is 0 Å². The largest absolute Gasteiger partial charge is 0.489 e. The first-order valence-corrected chi connectivity index (χ1v) is 7.31. The molecule has 112 valence electrons. The summed E-state index contributed by atoms with van der Waals surface area (Å²) in [4.78, 5) is 10.7. The van der Waals surface area contributed by atoms with Crippen LogP contribution in [-0.2, 0) is 11.3 Å². The van der Waals surface area contributed by atoms with E-state index < -0.39 is 0 Å². The molecule has 0 aromatic heterocycles. The first kappa shape index (κ1) is 16.8. The molecule has 1 atom stereocenters. The van der Waals surface area contributed by atoms with Gasteiger partial charge in [-0.25, -0.2) is 0 Å². The Bertz CT molecular complexity index is 438. The van der Waals surface area contributed by atoms with Gasteiger partial charge in [0.2, 0.25) is 5.91 Å². The van der Waals surface area contributed by atoms with E-state index >= 15 is 0 Å². The Morgan fingerprint density at radius 3 is 2.75 bits per heavy atom. The Labute approximate surface area is 125 Å². The zero-order valence-electron chi connectivity index (χ0n) is 12.3. The number of rotatable bonds is 8. The van der Waals surface area contributed by atoms with Crippen LogP contribution in [0.4, 0.5) is 0 Å². The summed E-state index contributed by atoms with van der Waals surface area (Å²) in [6.07, 6.45) is 1.11. The van der Waals surface area contributed by atoms with Gasteiger partial charge in [-0.15, -0.1) is 0 Å². The van der Waals surface area contributed by atoms with Crippen LogP contribution < -0.4 is 15.4 Å². The third-order valence-corrected chi connectivity index (χ3v) is 3.20. The second-order valence-corrected chi connectivity index (χ2v) is 5.17. The number of hydrogen-bond donors (Lipinski definition) is 2. The smallest absolute Gasteiger partial charge is 0.216 e. The summed E-state index contributed by atoms with van der Waals surface area (Å²) < 4.78 is 5.72. The molecule has 1 aromatic rings. The summed E-state index contributed by atoms with van der Waals surface area (Å²) >= 11 is 6.20. The minimum atomic E-state index is -0.0126. The van der Waals surface area contributed by atoms with Crippen molar-refractivity contribution in [1.82, 2.24) is 10.6 Å². The normalized spacial score (nSPS) is 12.0. The van der Waals surface area contributed by atoms with Crippen molar-refractivity contribution in [1.29, 1.82) is 0 Å². The highest BCUT2D eigenvalue weighted by atomic mass is 35.5. The minimum Gasteiger partial charge on any atom is -0.489 e. The van der Waals surface area contributed by atoms with Gasteiger partial charge in [0.15, 0.2) is 0 Å². The second-order valence-electron chi connectivity index (χ2n) is 4.76. The van der Waals surface area contributed by atoms with Crippen LogP contribution in [0.15, 0.2) is 18.2 Å². The molecule has 1 rings (SSSR count). The number of amides is 1. The number of carbonyl (C=O) groups excluding carboxylic acids is 1. The molecule has 0 aliphatic carbocycles. The van der Waals surface area contributed by atoms with Gasteiger partial charge in [-0.1, -0.05) is 24.6 Å². The van der Waals surface area contributed by atoms with Gasteiger partial charge in [0.25, 0.3) is 0 Å². The lowest BCUT2D eigenvalue weighted by Gasteiger charge is -2.14. The summed E-state index contributed by atoms with van der Waals surface area (Å²) in [7, 11) is 0. The van der Waals surface area contributed by atoms with Crippen LogP contribution >= 0.6 is 11.6 Å². The van der Waals surface area contributed by atoms with Crippen molar-refractivity contribution in [3.8, 4) is 5.75 Å². The van der Waals surface area contributed by atoms with Crippen molar-refractivity contribution in [2.45, 2.75) is 39.8 Å². The predicted octanol–water partition coefficient (Wildman–Crippen LogP) is 2.74. The monoisotopic (exact) mass is 298 g/mol. The number of benzene rings is 1. The Kier molecular flexibility index (Phi) is 7.41. The molecule has 0 saturated heterocycles. The third kappa shape index (κ3) is 6.26. The van der Waals surface area contributed by atoms with Crippen LogP contribution in [0.2, 0.25) is 5.02 Å². The molecule has 1 amide bonds. The molecule has 4 nitrogen and oxygen atoms in total. The molecule has 1 unspecified atom stereocenters. The Hall–Kier alpha value is -1.26. The van der Waals surface area contributed by atoms with E-state index in [0.29, 0.717) is 18.1 Å². The molecule has 0 aliphatic rings. The summed E-state index contributed by atoms with van der Waals surface area (Å²) in [5.74, 6) is 0.712. The standard InChI is InChI=1S/C15H23ClN2O2/c1-4-11(2)20-15-6-5-13(9-14(15)16)10-17-7-8-18-12(3)19/h5-6,9,11,17H,4,7-8,10H2,1-3H3,(H,18,19). The zero-order chi connectivity index (χ0) is 15.0. The molecule has 0 aliphatic heterocycles. The summed E-state index contributed by atoms with van der Waals surface area (Å²) in [5.41, 5.74) is 1.09. The highest BCUT2D eigenvalue weighted by Gasteiger charge is 2.06. The van der Waals surface area contributed by atoms with Crippen LogP contribution in [0, 0.1) is 0 Å². The number of hydrogen-bond acceptors (Lipinski definition) is 3. The van der Waals surface area contributed by atoms with Crippen molar-refractivity contribution >= 4 is 17.5 Å². The first-order chi connectivity index (χ1) is 9.52. The number of nitrogens with one attached hydrogen (secondary N) is 2. The molecule has 0 fully saturated rings. The highest BCUT2D eigenvalue weighted by Crippen LogP contribution is 2.26. The zero-order valence-corrected chi connectivity index (χ0v) is 13.1. The van der Waals surface area contributed by atoms with Gasteiger partial charge in [-0.05, 0) is 31.0 Å². The molecule has 0 bridgehead atoms. The summed E-state index contributed by atoms with van der Waals surface area (Å²) in [6.45, 7) is 7.67. The Morgan fingerprint density at radius 1 is 1.40 bits per heavy atom. The van der Waals surface area contributed by atoms with Crippen molar-refractivity contribution in [3.63, 3.8) is 0 Å². The van der Waals surface area contributed by atoms with E-state index in [0.717, 1.165) is 24.3 Å². The fraction of sp³-hybridized carbons (Fsp3) is 0.533. The molecule has 5 heteroatoms. The van der Waals surface area contributed by atoms with E-state index in [1.807, 2.05) is 25.1 Å². The minimum absolute atomic E-state index is 0.0126. The van der Waals surface area contributed by atoms with E-state index in [9.17, 15) is 4.79 Å². The number of halogens is 1. The number of ether oxygens (including phenoxy) is 1. The van der Waals surface area contributed by atoms with Crippen molar-refractivity contribution < 1.29 is 9.53 Å². The lowest BCUT2D eigenvalue weighted by atomic mass is 10.2. The average molecular weight is 299 g/mol. The predicted molar refractivity (Wildman–Crippen MR) is 82.2 cm³/mol. The van der Waals surface area contributed by atoms with Crippen LogP contribution in [0.5, 0.6) is 5.75 Å². The van der Waals surface area contributed by atoms with Gasteiger partial charge in [0, 0.05) is 26.6 Å². The molecule has 0 saturated carbocycles. The van der Waals surface area contributed by atoms with Crippen molar-refractivity contribution in [2.75, 3.05) is 13.1 Å². The Morgan fingerprint density at radius 2 is 2.15 bits per heavy atom. The maximum absolute atomic E-state index is 10.7. The molecule has 2 N–H and O–H groups in total. The molecular weight excluding hydrogens is 276 g/mol. The molecule has 0 radical (unpaired) electrons. The van der Waals surface area contributed by atoms with Gasteiger partial charge in [0.1, 0.15) is 5.75 Å². The molecule has 0 heterocycles. The average Bonchev–Trinajstić information content (AvgIpc) is 2.40. The summed E-state index contributed by atoms with van der Waals surface area (Å²) in [5, 5.41) is 6.61. The maximum atomic E-state index is 10.7. The van der Waals surface area contributed by atoms with E-state index in [1.54, 1.807) is 0 Å². The topological polar surface area (TPSA) is 50.4 Å². The van der Waals surface area contributed by atoms with Gasteiger partial charge >= 0.3 is 0 Å². The van der Waals surface area contributed by atoms with Gasteiger partial charge in [-0.2, -0.15) is 0 Å².